The highest BCUT2D eigenvalue weighted by Gasteiger charge is 2.21. The summed E-state index contributed by atoms with van der Waals surface area (Å²) in [6.07, 6.45) is 1.22. The molecule has 2 aromatic carbocycles. The Bertz CT molecular complexity index is 1360. The molecule has 0 bridgehead atoms. The molecule has 0 aliphatic rings. The molecule has 0 atom stereocenters. The van der Waals surface area contributed by atoms with Crippen LogP contribution in [0.15, 0.2) is 44.2 Å². The van der Waals surface area contributed by atoms with Gasteiger partial charge in [0.2, 0.25) is 0 Å². The lowest BCUT2D eigenvalue weighted by Gasteiger charge is -2.10. The average Bonchev–Trinajstić information content (AvgIpc) is 3.15. The van der Waals surface area contributed by atoms with Gasteiger partial charge < -0.3 is 23.4 Å². The second-order valence-electron chi connectivity index (χ2n) is 7.05. The van der Waals surface area contributed by atoms with Crippen LogP contribution < -0.4 is 15.1 Å². The first-order chi connectivity index (χ1) is 14.3. The van der Waals surface area contributed by atoms with Crippen LogP contribution in [0.1, 0.15) is 16.7 Å². The third kappa shape index (κ3) is 2.99. The van der Waals surface area contributed by atoms with Crippen LogP contribution >= 0.6 is 0 Å². The molecule has 0 aliphatic carbocycles. The van der Waals surface area contributed by atoms with Gasteiger partial charge in [-0.05, 0) is 48.7 Å². The number of fused-ring (bicyclic) bond motifs is 3. The molecule has 4 aromatic rings. The zero-order valence-electron chi connectivity index (χ0n) is 17.0. The minimum absolute atomic E-state index is 0.115. The summed E-state index contributed by atoms with van der Waals surface area (Å²) in [7, 11) is 3.15. The predicted molar refractivity (Wildman–Crippen MR) is 112 cm³/mol. The number of carboxylic acid groups (broad SMARTS) is 1. The Hall–Kier alpha value is -3.74. The molecule has 0 unspecified atom stereocenters. The van der Waals surface area contributed by atoms with Crippen LogP contribution in [0.3, 0.4) is 0 Å². The smallest absolute Gasteiger partial charge is 0.340 e. The van der Waals surface area contributed by atoms with E-state index in [-0.39, 0.29) is 5.56 Å². The van der Waals surface area contributed by atoms with E-state index in [1.165, 1.54) is 0 Å². The molecule has 1 N–H and O–H groups in total. The second-order valence-corrected chi connectivity index (χ2v) is 7.05. The zero-order chi connectivity index (χ0) is 21.6. The summed E-state index contributed by atoms with van der Waals surface area (Å²) in [5, 5.41) is 10.6. The van der Waals surface area contributed by atoms with Crippen molar-refractivity contribution < 1.29 is 28.2 Å². The molecule has 2 aromatic heterocycles. The highest BCUT2D eigenvalue weighted by atomic mass is 16.5. The Kier molecular flexibility index (Phi) is 4.73. The predicted octanol–water partition coefficient (Wildman–Crippen LogP) is 4.47. The first-order valence-corrected chi connectivity index (χ1v) is 9.27. The number of carbonyl (C=O) groups is 1. The van der Waals surface area contributed by atoms with E-state index in [0.29, 0.717) is 33.6 Å². The van der Waals surface area contributed by atoms with Crippen molar-refractivity contribution in [3.8, 4) is 22.6 Å². The molecule has 0 spiro atoms. The molecule has 0 radical (unpaired) electrons. The number of aryl methyl sites for hydroxylation is 2. The molecular formula is C23H20O7. The summed E-state index contributed by atoms with van der Waals surface area (Å²) in [4.78, 5) is 23.5. The third-order valence-electron chi connectivity index (χ3n) is 5.31. The lowest BCUT2D eigenvalue weighted by molar-refractivity contribution is -0.136. The molecule has 0 fully saturated rings. The summed E-state index contributed by atoms with van der Waals surface area (Å²) >= 11 is 0. The van der Waals surface area contributed by atoms with E-state index < -0.39 is 18.0 Å². The van der Waals surface area contributed by atoms with Gasteiger partial charge in [0, 0.05) is 10.9 Å². The minimum Gasteiger partial charge on any atom is -0.493 e. The number of methoxy groups -OCH3 is 2. The lowest BCUT2D eigenvalue weighted by atomic mass is 9.96. The minimum atomic E-state index is -1.10. The number of hydrogen-bond acceptors (Lipinski definition) is 6. The van der Waals surface area contributed by atoms with Gasteiger partial charge in [-0.15, -0.1) is 0 Å². The van der Waals surface area contributed by atoms with Crippen molar-refractivity contribution in [2.45, 2.75) is 20.3 Å². The van der Waals surface area contributed by atoms with Gasteiger partial charge >= 0.3 is 11.6 Å². The number of carboxylic acids is 1. The first-order valence-electron chi connectivity index (χ1n) is 9.27. The van der Waals surface area contributed by atoms with Crippen LogP contribution in [-0.4, -0.2) is 25.3 Å². The van der Waals surface area contributed by atoms with Crippen LogP contribution in [0.2, 0.25) is 0 Å². The highest BCUT2D eigenvalue weighted by molar-refractivity contribution is 6.11. The van der Waals surface area contributed by atoms with Crippen molar-refractivity contribution in [1.29, 1.82) is 0 Å². The summed E-state index contributed by atoms with van der Waals surface area (Å²) in [6, 6.07) is 7.36. The fourth-order valence-corrected chi connectivity index (χ4v) is 3.86. The van der Waals surface area contributed by atoms with Gasteiger partial charge in [0.1, 0.15) is 11.2 Å². The van der Waals surface area contributed by atoms with Crippen molar-refractivity contribution in [3.63, 3.8) is 0 Å². The molecule has 0 aliphatic heterocycles. The number of benzene rings is 2. The van der Waals surface area contributed by atoms with Gasteiger partial charge in [0.05, 0.1) is 37.9 Å². The van der Waals surface area contributed by atoms with Gasteiger partial charge in [0.25, 0.3) is 0 Å². The fourth-order valence-electron chi connectivity index (χ4n) is 3.86. The van der Waals surface area contributed by atoms with Crippen molar-refractivity contribution in [3.05, 3.63) is 57.6 Å². The first kappa shape index (κ1) is 19.6. The largest absolute Gasteiger partial charge is 0.493 e. The van der Waals surface area contributed by atoms with Crippen molar-refractivity contribution in [2.75, 3.05) is 14.2 Å². The highest BCUT2D eigenvalue weighted by Crippen LogP contribution is 2.41. The van der Waals surface area contributed by atoms with E-state index >= 15 is 0 Å². The number of hydrogen-bond donors (Lipinski definition) is 1. The molecule has 154 valence electrons. The zero-order valence-corrected chi connectivity index (χ0v) is 17.0. The average molecular weight is 408 g/mol. The van der Waals surface area contributed by atoms with E-state index in [4.69, 9.17) is 23.4 Å². The molecule has 0 saturated heterocycles. The number of aliphatic carboxylic acids is 1. The maximum absolute atomic E-state index is 12.3. The normalized spacial score (nSPS) is 11.2. The maximum atomic E-state index is 12.3. The van der Waals surface area contributed by atoms with Crippen LogP contribution in [0.25, 0.3) is 33.1 Å². The molecular weight excluding hydrogens is 388 g/mol. The SMILES string of the molecule is COc1ccc(-c2coc3c2c(C)cc2oc(=O)c(CC(=O)O)c(C)c23)cc1OC. The topological polar surface area (TPSA) is 99.1 Å². The Morgan fingerprint density at radius 1 is 1.07 bits per heavy atom. The van der Waals surface area contributed by atoms with Crippen LogP contribution in [0, 0.1) is 13.8 Å². The molecule has 30 heavy (non-hydrogen) atoms. The maximum Gasteiger partial charge on any atom is 0.340 e. The Labute approximate surface area is 171 Å². The summed E-state index contributed by atoms with van der Waals surface area (Å²) < 4.78 is 22.1. The van der Waals surface area contributed by atoms with Gasteiger partial charge in [-0.25, -0.2) is 4.79 Å². The fraction of sp³-hybridized carbons (Fsp3) is 0.217. The van der Waals surface area contributed by atoms with Crippen LogP contribution in [0.4, 0.5) is 0 Å². The van der Waals surface area contributed by atoms with E-state index in [0.717, 1.165) is 22.1 Å². The van der Waals surface area contributed by atoms with E-state index in [1.54, 1.807) is 33.5 Å². The Balaban J connectivity index is 2.03. The Morgan fingerprint density at radius 2 is 1.80 bits per heavy atom. The molecule has 7 heteroatoms. The molecule has 2 heterocycles. The van der Waals surface area contributed by atoms with E-state index in [9.17, 15) is 9.59 Å². The summed E-state index contributed by atoms with van der Waals surface area (Å²) in [6.45, 7) is 3.62. The van der Waals surface area contributed by atoms with Gasteiger partial charge in [0.15, 0.2) is 11.5 Å². The molecule has 7 nitrogen and oxygen atoms in total. The molecule has 0 amide bonds. The lowest BCUT2D eigenvalue weighted by Crippen LogP contribution is -2.15. The number of rotatable bonds is 5. The second kappa shape index (κ2) is 7.26. The number of furan rings is 1. The van der Waals surface area contributed by atoms with Crippen molar-refractivity contribution in [2.24, 2.45) is 0 Å². The van der Waals surface area contributed by atoms with E-state index in [1.807, 2.05) is 25.1 Å². The van der Waals surface area contributed by atoms with E-state index in [2.05, 4.69) is 0 Å². The quantitative estimate of drug-likeness (QED) is 0.487. The van der Waals surface area contributed by atoms with Gasteiger partial charge in [-0.2, -0.15) is 0 Å². The molecule has 4 rings (SSSR count). The number of ether oxygens (including phenoxy) is 2. The van der Waals surface area contributed by atoms with Gasteiger partial charge in [-0.1, -0.05) is 6.07 Å². The van der Waals surface area contributed by atoms with Crippen molar-refractivity contribution in [1.82, 2.24) is 0 Å². The summed E-state index contributed by atoms with van der Waals surface area (Å²) in [5.41, 5.74) is 3.50. The molecule has 0 saturated carbocycles. The third-order valence-corrected chi connectivity index (χ3v) is 5.31. The van der Waals surface area contributed by atoms with Crippen LogP contribution in [0.5, 0.6) is 11.5 Å². The monoisotopic (exact) mass is 408 g/mol. The standard InChI is InChI=1S/C23H20O7/c1-11-7-18-21(12(2)14(9-19(24)25)23(26)30-18)22-20(11)15(10-29-22)13-5-6-16(27-3)17(8-13)28-4/h5-8,10H,9H2,1-4H3,(H,24,25). The Morgan fingerprint density at radius 3 is 2.47 bits per heavy atom. The van der Waals surface area contributed by atoms with Crippen LogP contribution in [-0.2, 0) is 11.2 Å². The summed E-state index contributed by atoms with van der Waals surface area (Å²) in [5.74, 6) is 0.111. The van der Waals surface area contributed by atoms with Gasteiger partial charge in [-0.3, -0.25) is 4.79 Å². The van der Waals surface area contributed by atoms with Crippen molar-refractivity contribution >= 4 is 27.9 Å².